The molecule has 0 spiro atoms. The molecule has 2 aromatic rings. The van der Waals surface area contributed by atoms with Crippen molar-refractivity contribution in [2.45, 2.75) is 20.4 Å². The molecule has 0 unspecified atom stereocenters. The minimum atomic E-state index is -1.04. The number of aromatic nitrogens is 2. The number of aryl methyl sites for hydroxylation is 3. The number of carboxylic acid groups (broad SMARTS) is 1. The van der Waals surface area contributed by atoms with E-state index in [2.05, 4.69) is 5.10 Å². The molecule has 0 aromatic carbocycles. The lowest BCUT2D eigenvalue weighted by Crippen LogP contribution is -2.26. The van der Waals surface area contributed by atoms with Crippen LogP contribution < -0.4 is 0 Å². The average Bonchev–Trinajstić information content (AvgIpc) is 2.92. The van der Waals surface area contributed by atoms with Crippen molar-refractivity contribution in [3.63, 3.8) is 0 Å². The molecule has 0 aliphatic rings. The van der Waals surface area contributed by atoms with Gasteiger partial charge in [0.25, 0.3) is 5.91 Å². The summed E-state index contributed by atoms with van der Waals surface area (Å²) >= 11 is 0. The topological polar surface area (TPSA) is 88.6 Å². The van der Waals surface area contributed by atoms with Crippen molar-refractivity contribution in [1.29, 1.82) is 0 Å². The Morgan fingerprint density at radius 2 is 2.05 bits per heavy atom. The zero-order valence-corrected chi connectivity index (χ0v) is 12.4. The van der Waals surface area contributed by atoms with E-state index in [-0.39, 0.29) is 18.0 Å². The first-order chi connectivity index (χ1) is 9.79. The number of carbonyl (C=O) groups is 2. The van der Waals surface area contributed by atoms with Crippen LogP contribution in [0.5, 0.6) is 0 Å². The second kappa shape index (κ2) is 5.43. The number of nitrogens with zero attached hydrogens (tertiary/aromatic N) is 3. The lowest BCUT2D eigenvalue weighted by molar-refractivity contribution is 0.0694. The largest absolute Gasteiger partial charge is 0.478 e. The van der Waals surface area contributed by atoms with Crippen LogP contribution in [-0.4, -0.2) is 38.7 Å². The molecule has 21 heavy (non-hydrogen) atoms. The molecule has 1 N–H and O–H groups in total. The fourth-order valence-corrected chi connectivity index (χ4v) is 2.00. The third-order valence-electron chi connectivity index (χ3n) is 3.27. The number of rotatable bonds is 4. The van der Waals surface area contributed by atoms with E-state index < -0.39 is 5.97 Å². The van der Waals surface area contributed by atoms with E-state index in [0.717, 1.165) is 5.69 Å². The zero-order valence-electron chi connectivity index (χ0n) is 12.4. The molecule has 0 bridgehead atoms. The van der Waals surface area contributed by atoms with Gasteiger partial charge >= 0.3 is 5.97 Å². The summed E-state index contributed by atoms with van der Waals surface area (Å²) in [5.74, 6) is -0.540. The van der Waals surface area contributed by atoms with Crippen molar-refractivity contribution in [3.8, 4) is 0 Å². The average molecular weight is 291 g/mol. The maximum atomic E-state index is 12.2. The van der Waals surface area contributed by atoms with E-state index >= 15 is 0 Å². The second-order valence-corrected chi connectivity index (χ2v) is 4.94. The highest BCUT2D eigenvalue weighted by Gasteiger charge is 2.19. The van der Waals surface area contributed by atoms with Crippen LogP contribution in [0.2, 0.25) is 0 Å². The molecule has 2 rings (SSSR count). The third kappa shape index (κ3) is 2.96. The Hall–Kier alpha value is -2.57. The molecule has 0 atom stereocenters. The second-order valence-electron chi connectivity index (χ2n) is 4.94. The summed E-state index contributed by atoms with van der Waals surface area (Å²) in [6, 6.07) is 3.14. The molecule has 0 saturated carbocycles. The monoisotopic (exact) mass is 291 g/mol. The third-order valence-corrected chi connectivity index (χ3v) is 3.27. The molecule has 2 aromatic heterocycles. The number of furan rings is 1. The standard InChI is InChI=1S/C14H17N3O4/c1-8-5-12(15-17(8)4)13(18)16(3)7-10-6-11(14(19)20)9(2)21-10/h5-6H,7H2,1-4H3,(H,19,20). The van der Waals surface area contributed by atoms with Gasteiger partial charge in [0.1, 0.15) is 17.1 Å². The number of hydrogen-bond donors (Lipinski definition) is 1. The van der Waals surface area contributed by atoms with Crippen LogP contribution in [-0.2, 0) is 13.6 Å². The van der Waals surface area contributed by atoms with Crippen LogP contribution in [0.25, 0.3) is 0 Å². The summed E-state index contributed by atoms with van der Waals surface area (Å²) in [5.41, 5.74) is 1.34. The van der Waals surface area contributed by atoms with Crippen molar-refractivity contribution >= 4 is 11.9 Å². The summed E-state index contributed by atoms with van der Waals surface area (Å²) in [6.45, 7) is 3.62. The van der Waals surface area contributed by atoms with E-state index in [1.807, 2.05) is 6.92 Å². The Labute approximate surface area is 121 Å². The Morgan fingerprint density at radius 1 is 1.38 bits per heavy atom. The molecule has 0 aliphatic carbocycles. The fraction of sp³-hybridized carbons (Fsp3) is 0.357. The van der Waals surface area contributed by atoms with Crippen LogP contribution in [0, 0.1) is 13.8 Å². The summed E-state index contributed by atoms with van der Waals surface area (Å²) in [6.07, 6.45) is 0. The summed E-state index contributed by atoms with van der Waals surface area (Å²) in [7, 11) is 3.38. The highest BCUT2D eigenvalue weighted by atomic mass is 16.4. The molecule has 0 radical (unpaired) electrons. The Bertz CT molecular complexity index is 680. The SMILES string of the molecule is Cc1oc(CN(C)C(=O)c2cc(C)n(C)n2)cc1C(=O)O. The van der Waals surface area contributed by atoms with Gasteiger partial charge in [-0.15, -0.1) is 0 Å². The molecule has 7 heteroatoms. The molecule has 7 nitrogen and oxygen atoms in total. The number of carbonyl (C=O) groups excluding carboxylic acids is 1. The molecular formula is C14H17N3O4. The lowest BCUT2D eigenvalue weighted by atomic mass is 10.2. The van der Waals surface area contributed by atoms with Crippen molar-refractivity contribution in [1.82, 2.24) is 14.7 Å². The normalized spacial score (nSPS) is 10.7. The van der Waals surface area contributed by atoms with E-state index in [4.69, 9.17) is 9.52 Å². The number of aromatic carboxylic acids is 1. The van der Waals surface area contributed by atoms with Crippen molar-refractivity contribution in [3.05, 3.63) is 40.6 Å². The van der Waals surface area contributed by atoms with Gasteiger partial charge in [0.15, 0.2) is 5.69 Å². The maximum absolute atomic E-state index is 12.2. The van der Waals surface area contributed by atoms with Crippen LogP contribution >= 0.6 is 0 Å². The lowest BCUT2D eigenvalue weighted by Gasteiger charge is -2.13. The zero-order chi connectivity index (χ0) is 15.7. The number of amides is 1. The first kappa shape index (κ1) is 14.8. The van der Waals surface area contributed by atoms with Gasteiger partial charge < -0.3 is 14.4 Å². The molecule has 0 aliphatic heterocycles. The van der Waals surface area contributed by atoms with Gasteiger partial charge in [0.2, 0.25) is 0 Å². The van der Waals surface area contributed by atoms with Crippen molar-refractivity contribution in [2.24, 2.45) is 7.05 Å². The smallest absolute Gasteiger partial charge is 0.339 e. The van der Waals surface area contributed by atoms with Gasteiger partial charge in [-0.2, -0.15) is 5.10 Å². The summed E-state index contributed by atoms with van der Waals surface area (Å²) < 4.78 is 6.99. The van der Waals surface area contributed by atoms with Gasteiger partial charge in [-0.1, -0.05) is 0 Å². The first-order valence-electron chi connectivity index (χ1n) is 6.38. The molecule has 112 valence electrons. The summed E-state index contributed by atoms with van der Waals surface area (Å²) in [4.78, 5) is 24.6. The van der Waals surface area contributed by atoms with Crippen LogP contribution in [0.4, 0.5) is 0 Å². The predicted molar refractivity (Wildman–Crippen MR) is 74.1 cm³/mol. The minimum absolute atomic E-state index is 0.111. The molecule has 2 heterocycles. The van der Waals surface area contributed by atoms with Gasteiger partial charge in [-0.05, 0) is 26.0 Å². The number of hydrogen-bond acceptors (Lipinski definition) is 4. The van der Waals surface area contributed by atoms with Gasteiger partial charge in [-0.3, -0.25) is 9.48 Å². The van der Waals surface area contributed by atoms with Crippen LogP contribution in [0.15, 0.2) is 16.5 Å². The van der Waals surface area contributed by atoms with Crippen LogP contribution in [0.1, 0.15) is 38.1 Å². The van der Waals surface area contributed by atoms with Gasteiger partial charge in [0, 0.05) is 19.8 Å². The molecule has 0 saturated heterocycles. The Balaban J connectivity index is 2.14. The molecule has 1 amide bonds. The number of carboxylic acids is 1. The predicted octanol–water partition coefficient (Wildman–Crippen LogP) is 1.60. The quantitative estimate of drug-likeness (QED) is 0.924. The van der Waals surface area contributed by atoms with E-state index in [9.17, 15) is 9.59 Å². The van der Waals surface area contributed by atoms with E-state index in [1.54, 1.807) is 31.8 Å². The van der Waals surface area contributed by atoms with Crippen LogP contribution in [0.3, 0.4) is 0 Å². The highest BCUT2D eigenvalue weighted by Crippen LogP contribution is 2.17. The van der Waals surface area contributed by atoms with E-state index in [1.165, 1.54) is 11.0 Å². The summed E-state index contributed by atoms with van der Waals surface area (Å²) in [5, 5.41) is 13.1. The minimum Gasteiger partial charge on any atom is -0.478 e. The van der Waals surface area contributed by atoms with Crippen molar-refractivity contribution < 1.29 is 19.1 Å². The van der Waals surface area contributed by atoms with Crippen molar-refractivity contribution in [2.75, 3.05) is 7.05 Å². The van der Waals surface area contributed by atoms with Gasteiger partial charge in [0.05, 0.1) is 6.54 Å². The Kier molecular flexibility index (Phi) is 3.84. The molecular weight excluding hydrogens is 274 g/mol. The molecule has 0 fully saturated rings. The van der Waals surface area contributed by atoms with E-state index in [0.29, 0.717) is 17.2 Å². The van der Waals surface area contributed by atoms with Gasteiger partial charge in [-0.25, -0.2) is 4.79 Å². The maximum Gasteiger partial charge on any atom is 0.339 e. The first-order valence-corrected chi connectivity index (χ1v) is 6.38. The Morgan fingerprint density at radius 3 is 2.52 bits per heavy atom. The fourth-order valence-electron chi connectivity index (χ4n) is 2.00. The highest BCUT2D eigenvalue weighted by molar-refractivity contribution is 5.92.